The van der Waals surface area contributed by atoms with E-state index >= 15 is 0 Å². The zero-order chi connectivity index (χ0) is 20.0. The van der Waals surface area contributed by atoms with Crippen molar-refractivity contribution in [2.45, 2.75) is 12.2 Å². The number of rotatable bonds is 5. The molecule has 0 spiro atoms. The number of nitrogens with zero attached hydrogens (tertiary/aromatic N) is 5. The summed E-state index contributed by atoms with van der Waals surface area (Å²) < 4.78 is 31.8. The van der Waals surface area contributed by atoms with E-state index in [1.165, 1.54) is 10.9 Å². The van der Waals surface area contributed by atoms with Gasteiger partial charge in [0.25, 0.3) is 0 Å². The highest BCUT2D eigenvalue weighted by Gasteiger charge is 2.37. The molecule has 3 aromatic heterocycles. The van der Waals surface area contributed by atoms with Crippen LogP contribution in [0, 0.1) is 5.82 Å². The van der Waals surface area contributed by atoms with Crippen molar-refractivity contribution in [2.75, 3.05) is 23.7 Å². The van der Waals surface area contributed by atoms with E-state index in [-0.39, 0.29) is 22.1 Å². The lowest BCUT2D eigenvalue weighted by molar-refractivity contribution is 0.0695. The van der Waals surface area contributed by atoms with E-state index in [0.717, 1.165) is 23.8 Å². The Labute approximate surface area is 164 Å². The van der Waals surface area contributed by atoms with Crippen molar-refractivity contribution in [3.63, 3.8) is 0 Å². The number of carboxylic acids is 1. The van der Waals surface area contributed by atoms with Crippen LogP contribution < -0.4 is 10.3 Å². The lowest BCUT2D eigenvalue weighted by Crippen LogP contribution is -2.55. The molecule has 28 heavy (non-hydrogen) atoms. The lowest BCUT2D eigenvalue weighted by Gasteiger charge is -2.39. The van der Waals surface area contributed by atoms with Gasteiger partial charge in [-0.3, -0.25) is 9.36 Å². The van der Waals surface area contributed by atoms with Crippen molar-refractivity contribution < 1.29 is 18.8 Å². The number of carbonyl (C=O) groups is 1. The van der Waals surface area contributed by atoms with Crippen LogP contribution in [-0.4, -0.2) is 58.6 Å². The molecule has 1 unspecified atom stereocenters. The van der Waals surface area contributed by atoms with Gasteiger partial charge in [0.15, 0.2) is 17.3 Å². The number of pyridine rings is 2. The molecule has 1 N–H and O–H groups in total. The fourth-order valence-corrected chi connectivity index (χ4v) is 4.69. The van der Waals surface area contributed by atoms with Gasteiger partial charge in [-0.15, -0.1) is 0 Å². The van der Waals surface area contributed by atoms with Gasteiger partial charge in [0.1, 0.15) is 22.9 Å². The van der Waals surface area contributed by atoms with Gasteiger partial charge in [0, 0.05) is 17.7 Å². The number of halogens is 1. The van der Waals surface area contributed by atoms with Gasteiger partial charge < -0.3 is 14.6 Å². The van der Waals surface area contributed by atoms with Crippen LogP contribution in [0.2, 0.25) is 0 Å². The molecule has 0 saturated carbocycles. The number of hydrogen-bond donors (Lipinski definition) is 1. The molecule has 4 heterocycles. The lowest BCUT2D eigenvalue weighted by atomic mass is 10.1. The predicted molar refractivity (Wildman–Crippen MR) is 102 cm³/mol. The number of anilines is 1. The van der Waals surface area contributed by atoms with Crippen LogP contribution in [-0.2, 0) is 11.2 Å². The minimum atomic E-state index is -1.43. The highest BCUT2D eigenvalue weighted by Crippen LogP contribution is 2.28. The van der Waals surface area contributed by atoms with Gasteiger partial charge in [-0.25, -0.2) is 19.2 Å². The molecule has 0 bridgehead atoms. The van der Waals surface area contributed by atoms with Gasteiger partial charge in [0.05, 0.1) is 18.5 Å². The van der Waals surface area contributed by atoms with Crippen molar-refractivity contribution in [2.24, 2.45) is 0 Å². The minimum absolute atomic E-state index is 0.0255. The van der Waals surface area contributed by atoms with E-state index < -0.39 is 34.0 Å². The summed E-state index contributed by atoms with van der Waals surface area (Å²) in [6, 6.07) is 0.994. The van der Waals surface area contributed by atoms with Crippen molar-refractivity contribution in [3.05, 3.63) is 40.2 Å². The summed E-state index contributed by atoms with van der Waals surface area (Å²) >= 11 is -0.000937. The van der Waals surface area contributed by atoms with Crippen molar-refractivity contribution >= 4 is 45.5 Å². The number of fused-ring (bicyclic) bond motifs is 1. The maximum atomic E-state index is 14.7. The van der Waals surface area contributed by atoms with Crippen LogP contribution in [0.5, 0.6) is 0 Å². The van der Waals surface area contributed by atoms with Crippen LogP contribution >= 0.6 is 11.5 Å². The van der Waals surface area contributed by atoms with E-state index in [9.17, 15) is 23.6 Å². The molecule has 1 aliphatic rings. The molecule has 0 aromatic carbocycles. The average molecular weight is 423 g/mol. The fraction of sp³-hybridized carbons (Fsp3) is 0.312. The monoisotopic (exact) mass is 423 g/mol. The molecule has 0 radical (unpaired) electrons. The smallest absolute Gasteiger partial charge is 0.341 e. The first kappa shape index (κ1) is 18.8. The highest BCUT2D eigenvalue weighted by atomic mass is 32.2. The molecule has 1 fully saturated rings. The van der Waals surface area contributed by atoms with Gasteiger partial charge in [0.2, 0.25) is 10.6 Å². The van der Waals surface area contributed by atoms with E-state index in [0.29, 0.717) is 24.0 Å². The largest absolute Gasteiger partial charge is 0.616 e. The average Bonchev–Trinajstić information content (AvgIpc) is 3.15. The zero-order valence-electron chi connectivity index (χ0n) is 14.5. The third kappa shape index (κ3) is 3.02. The molecule has 0 aliphatic carbocycles. The first-order valence-corrected chi connectivity index (χ1v) is 10.4. The Balaban J connectivity index is 1.87. The van der Waals surface area contributed by atoms with Crippen molar-refractivity contribution in [1.29, 1.82) is 0 Å². The molecular formula is C16H14FN5O4S2. The molecule has 1 saturated heterocycles. The van der Waals surface area contributed by atoms with E-state index in [1.807, 2.05) is 6.92 Å². The Hall–Kier alpha value is -2.57. The molecule has 1 atom stereocenters. The maximum Gasteiger partial charge on any atom is 0.341 e. The predicted octanol–water partition coefficient (Wildman–Crippen LogP) is 1.03. The van der Waals surface area contributed by atoms with Gasteiger partial charge >= 0.3 is 5.97 Å². The number of aromatic carboxylic acids is 1. The topological polar surface area (TPSA) is 124 Å². The Kier molecular flexibility index (Phi) is 4.77. The molecule has 146 valence electrons. The SMILES string of the molecule is CC[S+]([O-])C1CN(c2nc3c(cc2F)c(=O)c(C(=O)O)cn3-c2ncns2)C1. The van der Waals surface area contributed by atoms with Crippen molar-refractivity contribution in [3.8, 4) is 5.13 Å². The maximum absolute atomic E-state index is 14.7. The number of hydrogen-bond acceptors (Lipinski definition) is 8. The summed E-state index contributed by atoms with van der Waals surface area (Å²) in [6.45, 7) is 2.62. The summed E-state index contributed by atoms with van der Waals surface area (Å²) in [4.78, 5) is 33.9. The van der Waals surface area contributed by atoms with Gasteiger partial charge in [-0.05, 0) is 24.2 Å². The van der Waals surface area contributed by atoms with Gasteiger partial charge in [-0.1, -0.05) is 0 Å². The second-order valence-corrected chi connectivity index (χ2v) is 8.90. The third-order valence-corrected chi connectivity index (χ3v) is 6.78. The van der Waals surface area contributed by atoms with Crippen LogP contribution in [0.4, 0.5) is 10.2 Å². The Morgan fingerprint density at radius 1 is 1.50 bits per heavy atom. The van der Waals surface area contributed by atoms with E-state index in [4.69, 9.17) is 0 Å². The van der Waals surface area contributed by atoms with Crippen LogP contribution in [0.3, 0.4) is 0 Å². The summed E-state index contributed by atoms with van der Waals surface area (Å²) in [5.41, 5.74) is -1.25. The van der Waals surface area contributed by atoms with E-state index in [2.05, 4.69) is 14.3 Å². The van der Waals surface area contributed by atoms with E-state index in [1.54, 1.807) is 4.90 Å². The zero-order valence-corrected chi connectivity index (χ0v) is 16.2. The molecule has 12 heteroatoms. The second kappa shape index (κ2) is 7.11. The summed E-state index contributed by atoms with van der Waals surface area (Å²) in [5.74, 6) is -1.61. The first-order chi connectivity index (χ1) is 13.4. The van der Waals surface area contributed by atoms with Crippen LogP contribution in [0.15, 0.2) is 23.4 Å². The van der Waals surface area contributed by atoms with Crippen LogP contribution in [0.25, 0.3) is 16.2 Å². The number of aromatic nitrogens is 4. The number of carboxylic acid groups (broad SMARTS) is 1. The molecule has 4 rings (SSSR count). The molecule has 3 aromatic rings. The molecule has 1 aliphatic heterocycles. The summed E-state index contributed by atoms with van der Waals surface area (Å²) in [6.07, 6.45) is 2.40. The van der Waals surface area contributed by atoms with Crippen molar-refractivity contribution in [1.82, 2.24) is 18.9 Å². The summed E-state index contributed by atoms with van der Waals surface area (Å²) in [7, 11) is 0. The Bertz CT molecular complexity index is 1110. The molecule has 9 nitrogen and oxygen atoms in total. The highest BCUT2D eigenvalue weighted by molar-refractivity contribution is 7.92. The minimum Gasteiger partial charge on any atom is -0.616 e. The molecule has 0 amide bonds. The Morgan fingerprint density at radius 3 is 2.86 bits per heavy atom. The first-order valence-electron chi connectivity index (χ1n) is 8.29. The molecular weight excluding hydrogens is 409 g/mol. The normalized spacial score (nSPS) is 15.6. The Morgan fingerprint density at radius 2 is 2.25 bits per heavy atom. The third-order valence-electron chi connectivity index (χ3n) is 4.50. The van der Waals surface area contributed by atoms with Gasteiger partial charge in [-0.2, -0.15) is 4.37 Å². The second-order valence-electron chi connectivity index (χ2n) is 6.13. The quantitative estimate of drug-likeness (QED) is 0.604. The van der Waals surface area contributed by atoms with Crippen LogP contribution in [0.1, 0.15) is 17.3 Å². The fourth-order valence-electron chi connectivity index (χ4n) is 3.02. The standard InChI is InChI=1S/C16H14FN5O4S2/c1-2-28(26)8-4-21(5-8)14-11(17)3-9-12(23)10(15(24)25)6-22(13(9)20-14)16-18-7-19-27-16/h3,6-8H,2,4-5H2,1H3,(H,24,25). The summed E-state index contributed by atoms with van der Waals surface area (Å²) in [5, 5.41) is 9.40.